The van der Waals surface area contributed by atoms with E-state index in [1.165, 1.54) is 5.56 Å². The molecule has 0 atom stereocenters. The molecule has 2 aromatic carbocycles. The highest BCUT2D eigenvalue weighted by atomic mass is 16.5. The first-order chi connectivity index (χ1) is 13.1. The van der Waals surface area contributed by atoms with Crippen LogP contribution in [0.4, 0.5) is 23.1 Å². The number of aromatic nitrogens is 3. The zero-order chi connectivity index (χ0) is 19.2. The summed E-state index contributed by atoms with van der Waals surface area (Å²) < 4.78 is 10.6. The molecule has 0 saturated carbocycles. The average Bonchev–Trinajstić information content (AvgIpc) is 2.69. The third-order valence-electron chi connectivity index (χ3n) is 4.11. The summed E-state index contributed by atoms with van der Waals surface area (Å²) >= 11 is 0. The summed E-state index contributed by atoms with van der Waals surface area (Å²) in [6, 6.07) is 13.8. The summed E-state index contributed by atoms with van der Waals surface area (Å²) in [4.78, 5) is 6.70. The van der Waals surface area contributed by atoms with Crippen LogP contribution in [0.3, 0.4) is 0 Å². The van der Waals surface area contributed by atoms with Gasteiger partial charge in [-0.15, -0.1) is 5.10 Å². The summed E-state index contributed by atoms with van der Waals surface area (Å²) in [5, 5.41) is 11.4. The molecule has 0 radical (unpaired) electrons. The van der Waals surface area contributed by atoms with E-state index in [0.29, 0.717) is 23.3 Å². The molecule has 1 aromatic heterocycles. The van der Waals surface area contributed by atoms with Crippen LogP contribution in [0.2, 0.25) is 0 Å². The Morgan fingerprint density at radius 3 is 2.63 bits per heavy atom. The highest BCUT2D eigenvalue weighted by Crippen LogP contribution is 2.31. The fourth-order valence-electron chi connectivity index (χ4n) is 2.77. The minimum Gasteiger partial charge on any atom is -0.497 e. The Hall–Kier alpha value is -3.35. The molecule has 140 valence electrons. The van der Waals surface area contributed by atoms with E-state index in [0.717, 1.165) is 17.9 Å². The molecule has 7 nitrogen and oxygen atoms in total. The zero-order valence-electron chi connectivity index (χ0n) is 15.9. The first-order valence-electron chi connectivity index (χ1n) is 8.67. The van der Waals surface area contributed by atoms with E-state index >= 15 is 0 Å². The Morgan fingerprint density at radius 2 is 1.93 bits per heavy atom. The van der Waals surface area contributed by atoms with E-state index < -0.39 is 0 Å². The van der Waals surface area contributed by atoms with Crippen LogP contribution in [-0.2, 0) is 0 Å². The molecule has 1 N–H and O–H groups in total. The van der Waals surface area contributed by atoms with Crippen molar-refractivity contribution in [1.29, 1.82) is 0 Å². The van der Waals surface area contributed by atoms with Crippen molar-refractivity contribution in [1.82, 2.24) is 15.2 Å². The van der Waals surface area contributed by atoms with Crippen molar-refractivity contribution >= 4 is 23.1 Å². The average molecular weight is 365 g/mol. The van der Waals surface area contributed by atoms with E-state index in [2.05, 4.69) is 57.4 Å². The summed E-state index contributed by atoms with van der Waals surface area (Å²) in [5.74, 6) is 2.45. The van der Waals surface area contributed by atoms with Gasteiger partial charge in [-0.2, -0.15) is 10.1 Å². The quantitative estimate of drug-likeness (QED) is 0.676. The Kier molecular flexibility index (Phi) is 5.71. The lowest BCUT2D eigenvalue weighted by Crippen LogP contribution is -2.18. The number of anilines is 4. The van der Waals surface area contributed by atoms with Crippen LogP contribution in [0.5, 0.6) is 11.5 Å². The van der Waals surface area contributed by atoms with Crippen LogP contribution in [0.1, 0.15) is 12.5 Å². The molecule has 3 rings (SSSR count). The third kappa shape index (κ3) is 4.25. The van der Waals surface area contributed by atoms with Crippen molar-refractivity contribution in [2.45, 2.75) is 13.8 Å². The summed E-state index contributed by atoms with van der Waals surface area (Å²) in [6.07, 6.45) is 1.66. The second-order valence-electron chi connectivity index (χ2n) is 5.91. The standard InChI is InChI=1S/C20H23N5O2/c1-5-25(15-8-6-7-14(2)11-15)19-13-21-24-20(23-19)22-17-10-9-16(26-3)12-18(17)27-4/h6-13H,5H2,1-4H3,(H,22,23,24). The smallest absolute Gasteiger partial charge is 0.249 e. The Bertz CT molecular complexity index is 916. The molecule has 0 bridgehead atoms. The lowest BCUT2D eigenvalue weighted by Gasteiger charge is -2.22. The van der Waals surface area contributed by atoms with Gasteiger partial charge in [-0.25, -0.2) is 0 Å². The molecule has 1 heterocycles. The molecule has 0 aliphatic heterocycles. The number of rotatable bonds is 7. The largest absolute Gasteiger partial charge is 0.497 e. The molecule has 0 saturated heterocycles. The van der Waals surface area contributed by atoms with Crippen molar-refractivity contribution < 1.29 is 9.47 Å². The number of aryl methyl sites for hydroxylation is 1. The van der Waals surface area contributed by atoms with Crippen LogP contribution >= 0.6 is 0 Å². The van der Waals surface area contributed by atoms with Crippen LogP contribution in [-0.4, -0.2) is 35.9 Å². The Labute approximate surface area is 159 Å². The first kappa shape index (κ1) is 18.4. The van der Waals surface area contributed by atoms with Gasteiger partial charge >= 0.3 is 0 Å². The number of methoxy groups -OCH3 is 2. The molecule has 0 aliphatic carbocycles. The lowest BCUT2D eigenvalue weighted by molar-refractivity contribution is 0.395. The number of ether oxygens (including phenoxy) is 2. The van der Waals surface area contributed by atoms with E-state index in [4.69, 9.17) is 9.47 Å². The van der Waals surface area contributed by atoms with Gasteiger partial charge in [0.15, 0.2) is 5.82 Å². The summed E-state index contributed by atoms with van der Waals surface area (Å²) in [5.41, 5.74) is 2.98. The lowest BCUT2D eigenvalue weighted by atomic mass is 10.2. The molecule has 3 aromatic rings. The van der Waals surface area contributed by atoms with Gasteiger partial charge in [0.25, 0.3) is 0 Å². The zero-order valence-corrected chi connectivity index (χ0v) is 15.9. The van der Waals surface area contributed by atoms with Crippen molar-refractivity contribution in [3.63, 3.8) is 0 Å². The highest BCUT2D eigenvalue weighted by molar-refractivity contribution is 5.66. The molecule has 7 heteroatoms. The van der Waals surface area contributed by atoms with Crippen molar-refractivity contribution in [2.75, 3.05) is 31.0 Å². The van der Waals surface area contributed by atoms with Gasteiger partial charge in [-0.05, 0) is 43.7 Å². The summed E-state index contributed by atoms with van der Waals surface area (Å²) in [6.45, 7) is 4.90. The maximum atomic E-state index is 5.41. The fourth-order valence-corrected chi connectivity index (χ4v) is 2.77. The van der Waals surface area contributed by atoms with Crippen molar-refractivity contribution in [3.8, 4) is 11.5 Å². The molecule has 0 spiro atoms. The second-order valence-corrected chi connectivity index (χ2v) is 5.91. The minimum atomic E-state index is 0.391. The van der Waals surface area contributed by atoms with Crippen LogP contribution < -0.4 is 19.7 Å². The Morgan fingerprint density at radius 1 is 1.07 bits per heavy atom. The topological polar surface area (TPSA) is 72.4 Å². The number of hydrogen-bond acceptors (Lipinski definition) is 7. The molecule has 0 amide bonds. The van der Waals surface area contributed by atoms with E-state index in [1.54, 1.807) is 26.5 Å². The minimum absolute atomic E-state index is 0.391. The molecular formula is C20H23N5O2. The van der Waals surface area contributed by atoms with Gasteiger partial charge in [0, 0.05) is 18.3 Å². The number of nitrogens with one attached hydrogen (secondary N) is 1. The van der Waals surface area contributed by atoms with Gasteiger partial charge in [-0.1, -0.05) is 12.1 Å². The van der Waals surface area contributed by atoms with Crippen LogP contribution in [0.25, 0.3) is 0 Å². The van der Waals surface area contributed by atoms with Gasteiger partial charge < -0.3 is 19.7 Å². The third-order valence-corrected chi connectivity index (χ3v) is 4.11. The van der Waals surface area contributed by atoms with Gasteiger partial charge in [0.1, 0.15) is 11.5 Å². The van der Waals surface area contributed by atoms with E-state index in [9.17, 15) is 0 Å². The predicted molar refractivity (Wildman–Crippen MR) is 107 cm³/mol. The molecule has 0 fully saturated rings. The van der Waals surface area contributed by atoms with E-state index in [1.807, 2.05) is 18.2 Å². The molecular weight excluding hydrogens is 342 g/mol. The van der Waals surface area contributed by atoms with Gasteiger partial charge in [-0.3, -0.25) is 0 Å². The SMILES string of the molecule is CCN(c1cccc(C)c1)c1cnnc(Nc2ccc(OC)cc2OC)n1. The molecule has 0 aliphatic rings. The molecule has 0 unspecified atom stereocenters. The molecule has 27 heavy (non-hydrogen) atoms. The predicted octanol–water partition coefficient (Wildman–Crippen LogP) is 4.10. The van der Waals surface area contributed by atoms with Crippen molar-refractivity contribution in [2.24, 2.45) is 0 Å². The monoisotopic (exact) mass is 365 g/mol. The first-order valence-corrected chi connectivity index (χ1v) is 8.67. The number of benzene rings is 2. The fraction of sp³-hybridized carbons (Fsp3) is 0.250. The summed E-state index contributed by atoms with van der Waals surface area (Å²) in [7, 11) is 3.22. The highest BCUT2D eigenvalue weighted by Gasteiger charge is 2.12. The maximum absolute atomic E-state index is 5.41. The van der Waals surface area contributed by atoms with E-state index in [-0.39, 0.29) is 0 Å². The van der Waals surface area contributed by atoms with Crippen molar-refractivity contribution in [3.05, 3.63) is 54.2 Å². The maximum Gasteiger partial charge on any atom is 0.249 e. The van der Waals surface area contributed by atoms with Crippen LogP contribution in [0, 0.1) is 6.92 Å². The number of nitrogens with zero attached hydrogens (tertiary/aromatic N) is 4. The normalized spacial score (nSPS) is 10.4. The van der Waals surface area contributed by atoms with Crippen LogP contribution in [0.15, 0.2) is 48.7 Å². The Balaban J connectivity index is 1.89. The second kappa shape index (κ2) is 8.35. The van der Waals surface area contributed by atoms with Gasteiger partial charge in [0.2, 0.25) is 5.95 Å². The van der Waals surface area contributed by atoms with Gasteiger partial charge in [0.05, 0.1) is 26.1 Å². The number of hydrogen-bond donors (Lipinski definition) is 1.